The fourth-order valence-corrected chi connectivity index (χ4v) is 1.01. The van der Waals surface area contributed by atoms with Crippen LogP contribution in [0.15, 0.2) is 30.3 Å². The first-order chi connectivity index (χ1) is 6.97. The first-order valence-electron chi connectivity index (χ1n) is 4.84. The molecule has 0 aliphatic rings. The quantitative estimate of drug-likeness (QED) is 0.545. The van der Waals surface area contributed by atoms with Crippen molar-refractivity contribution in [3.8, 4) is 0 Å². The van der Waals surface area contributed by atoms with Crippen LogP contribution in [0.25, 0.3) is 6.08 Å². The van der Waals surface area contributed by atoms with Crippen molar-refractivity contribution in [2.24, 2.45) is 0 Å². The fraction of sp³-hybridized carbons (Fsp3) is 0.308. The number of ether oxygens (including phenoxy) is 1. The van der Waals surface area contributed by atoms with E-state index in [1.54, 1.807) is 18.2 Å². The largest absolute Gasteiger partial charge is 0.457 e. The predicted molar refractivity (Wildman–Crippen MR) is 60.2 cm³/mol. The summed E-state index contributed by atoms with van der Waals surface area (Å²) in [6.45, 7) is 5.53. The molecule has 1 aromatic rings. The van der Waals surface area contributed by atoms with Gasteiger partial charge in [0, 0.05) is 6.08 Å². The Kier molecular flexibility index (Phi) is 3.67. The predicted octanol–water partition coefficient (Wildman–Crippen LogP) is 2.84. The summed E-state index contributed by atoms with van der Waals surface area (Å²) in [6.07, 6.45) is 3.16. The van der Waals surface area contributed by atoms with Gasteiger partial charge in [0.05, 0.1) is 0 Å². The fourth-order valence-electron chi connectivity index (χ4n) is 1.01. The summed E-state index contributed by atoms with van der Waals surface area (Å²) in [6, 6.07) is 10.3. The van der Waals surface area contributed by atoms with Crippen molar-refractivity contribution < 1.29 is 9.53 Å². The molecule has 0 aliphatic heterocycles. The molecule has 0 spiro atoms. The van der Waals surface area contributed by atoms with Crippen LogP contribution in [-0.2, 0) is 9.53 Å². The molecule has 15 heavy (non-hydrogen) atoms. The van der Waals surface area contributed by atoms with Gasteiger partial charge in [0.15, 0.2) is 0 Å². The lowest BCUT2D eigenvalue weighted by Crippen LogP contribution is -2.22. The highest BCUT2D eigenvalue weighted by atomic mass is 16.6. The van der Waals surface area contributed by atoms with Gasteiger partial charge in [-0.15, -0.1) is 0 Å². The lowest BCUT2D eigenvalue weighted by atomic mass is 10.2. The highest BCUT2D eigenvalue weighted by Crippen LogP contribution is 2.08. The van der Waals surface area contributed by atoms with E-state index >= 15 is 0 Å². The van der Waals surface area contributed by atoms with Gasteiger partial charge in [-0.1, -0.05) is 24.3 Å². The molecule has 0 heterocycles. The molecule has 0 saturated heterocycles. The standard InChI is InChI=1S/C13H15O2/c1-13(2,3)15-12(14)10-9-11-7-5-4-6-8-11/h5-10H,1-3H3. The maximum Gasteiger partial charge on any atom is 0.331 e. The maximum atomic E-state index is 11.3. The minimum absolute atomic E-state index is 0.324. The Labute approximate surface area is 90.6 Å². The smallest absolute Gasteiger partial charge is 0.331 e. The van der Waals surface area contributed by atoms with E-state index in [-0.39, 0.29) is 5.97 Å². The molecule has 1 aromatic carbocycles. The van der Waals surface area contributed by atoms with Crippen LogP contribution in [0.3, 0.4) is 0 Å². The molecule has 0 unspecified atom stereocenters. The molecule has 79 valence electrons. The Bertz CT molecular complexity index is 345. The number of benzene rings is 1. The van der Waals surface area contributed by atoms with Crippen molar-refractivity contribution >= 4 is 12.0 Å². The van der Waals surface area contributed by atoms with Gasteiger partial charge in [-0.05, 0) is 38.5 Å². The van der Waals surface area contributed by atoms with Crippen molar-refractivity contribution in [1.29, 1.82) is 0 Å². The van der Waals surface area contributed by atoms with Crippen LogP contribution in [0.2, 0.25) is 0 Å². The van der Waals surface area contributed by atoms with Gasteiger partial charge in [-0.2, -0.15) is 0 Å². The normalized spacial score (nSPS) is 11.7. The SMILES string of the molecule is CC(C)(C)OC(=O)C=Cc1cc[c]cc1. The van der Waals surface area contributed by atoms with Crippen LogP contribution < -0.4 is 0 Å². The monoisotopic (exact) mass is 203 g/mol. The third-order valence-corrected chi connectivity index (χ3v) is 1.56. The summed E-state index contributed by atoms with van der Waals surface area (Å²) in [4.78, 5) is 11.3. The van der Waals surface area contributed by atoms with Crippen LogP contribution in [0, 0.1) is 6.07 Å². The van der Waals surface area contributed by atoms with E-state index in [2.05, 4.69) is 6.07 Å². The summed E-state index contributed by atoms with van der Waals surface area (Å²) in [7, 11) is 0. The molecule has 2 heteroatoms. The highest BCUT2D eigenvalue weighted by molar-refractivity contribution is 5.87. The second-order valence-electron chi connectivity index (χ2n) is 4.20. The molecule has 0 bridgehead atoms. The first-order valence-corrected chi connectivity index (χ1v) is 4.84. The number of rotatable bonds is 2. The van der Waals surface area contributed by atoms with Gasteiger partial charge < -0.3 is 4.74 Å². The second kappa shape index (κ2) is 4.78. The minimum Gasteiger partial charge on any atom is -0.457 e. The molecule has 1 rings (SSSR count). The molecule has 0 N–H and O–H groups in total. The van der Waals surface area contributed by atoms with Gasteiger partial charge >= 0.3 is 5.97 Å². The van der Waals surface area contributed by atoms with E-state index < -0.39 is 5.60 Å². The summed E-state index contributed by atoms with van der Waals surface area (Å²) in [5, 5.41) is 0. The Morgan fingerprint density at radius 3 is 2.47 bits per heavy atom. The Hall–Kier alpha value is -1.57. The second-order valence-corrected chi connectivity index (χ2v) is 4.20. The number of hydrogen-bond acceptors (Lipinski definition) is 2. The van der Waals surface area contributed by atoms with Crippen molar-refractivity contribution in [3.05, 3.63) is 42.0 Å². The van der Waals surface area contributed by atoms with Crippen molar-refractivity contribution in [1.82, 2.24) is 0 Å². The summed E-state index contributed by atoms with van der Waals surface area (Å²) < 4.78 is 5.13. The van der Waals surface area contributed by atoms with E-state index in [0.717, 1.165) is 5.56 Å². The maximum absolute atomic E-state index is 11.3. The Balaban J connectivity index is 2.56. The Morgan fingerprint density at radius 2 is 1.93 bits per heavy atom. The van der Waals surface area contributed by atoms with Gasteiger partial charge in [-0.3, -0.25) is 0 Å². The molecule has 0 amide bonds. The van der Waals surface area contributed by atoms with Gasteiger partial charge in [0.2, 0.25) is 0 Å². The molecule has 0 aliphatic carbocycles. The third-order valence-electron chi connectivity index (χ3n) is 1.56. The molecule has 0 aromatic heterocycles. The zero-order valence-electron chi connectivity index (χ0n) is 9.28. The van der Waals surface area contributed by atoms with Crippen LogP contribution in [0.1, 0.15) is 26.3 Å². The van der Waals surface area contributed by atoms with E-state index in [1.165, 1.54) is 6.08 Å². The number of carbonyl (C=O) groups excluding carboxylic acids is 1. The van der Waals surface area contributed by atoms with E-state index in [4.69, 9.17) is 4.74 Å². The van der Waals surface area contributed by atoms with Crippen LogP contribution in [-0.4, -0.2) is 11.6 Å². The molecule has 0 saturated carbocycles. The zero-order chi connectivity index (χ0) is 11.3. The topological polar surface area (TPSA) is 26.3 Å². The van der Waals surface area contributed by atoms with Crippen molar-refractivity contribution in [2.45, 2.75) is 26.4 Å². The summed E-state index contributed by atoms with van der Waals surface area (Å²) in [5.74, 6) is -0.324. The average Bonchev–Trinajstić information content (AvgIpc) is 2.14. The van der Waals surface area contributed by atoms with Crippen LogP contribution in [0.4, 0.5) is 0 Å². The molecule has 1 radical (unpaired) electrons. The van der Waals surface area contributed by atoms with E-state index in [1.807, 2.05) is 32.9 Å². The Morgan fingerprint density at radius 1 is 1.33 bits per heavy atom. The van der Waals surface area contributed by atoms with Gasteiger partial charge in [-0.25, -0.2) is 4.79 Å². The number of esters is 1. The third kappa shape index (κ3) is 5.01. The van der Waals surface area contributed by atoms with Gasteiger partial charge in [0.1, 0.15) is 5.60 Å². The minimum atomic E-state index is -0.439. The number of carbonyl (C=O) groups is 1. The first kappa shape index (κ1) is 11.5. The molecule has 0 fully saturated rings. The lowest BCUT2D eigenvalue weighted by molar-refractivity contribution is -0.148. The van der Waals surface area contributed by atoms with Crippen LogP contribution in [0.5, 0.6) is 0 Å². The molecule has 2 nitrogen and oxygen atoms in total. The van der Waals surface area contributed by atoms with Crippen LogP contribution >= 0.6 is 0 Å². The van der Waals surface area contributed by atoms with Crippen molar-refractivity contribution in [2.75, 3.05) is 0 Å². The molecule has 0 atom stereocenters. The van der Waals surface area contributed by atoms with E-state index in [0.29, 0.717) is 0 Å². The highest BCUT2D eigenvalue weighted by Gasteiger charge is 2.13. The van der Waals surface area contributed by atoms with Crippen molar-refractivity contribution in [3.63, 3.8) is 0 Å². The molecular formula is C13H15O2. The summed E-state index contributed by atoms with van der Waals surface area (Å²) in [5.41, 5.74) is 0.519. The average molecular weight is 203 g/mol. The summed E-state index contributed by atoms with van der Waals surface area (Å²) >= 11 is 0. The van der Waals surface area contributed by atoms with Gasteiger partial charge in [0.25, 0.3) is 0 Å². The van der Waals surface area contributed by atoms with E-state index in [9.17, 15) is 4.79 Å². The molecular weight excluding hydrogens is 188 g/mol. The lowest BCUT2D eigenvalue weighted by Gasteiger charge is -2.17. The number of hydrogen-bond donors (Lipinski definition) is 0. The zero-order valence-corrected chi connectivity index (χ0v) is 9.28.